The van der Waals surface area contributed by atoms with E-state index in [1.807, 2.05) is 0 Å². The van der Waals surface area contributed by atoms with E-state index < -0.39 is 4.92 Å². The number of rotatable bonds is 2. The van der Waals surface area contributed by atoms with Gasteiger partial charge in [-0.3, -0.25) is 10.1 Å². The number of aromatic nitrogens is 4. The lowest BCUT2D eigenvalue weighted by atomic mass is 10.2. The van der Waals surface area contributed by atoms with Crippen LogP contribution in [0.4, 0.5) is 5.69 Å². The van der Waals surface area contributed by atoms with Gasteiger partial charge in [0.1, 0.15) is 18.6 Å². The van der Waals surface area contributed by atoms with Crippen LogP contribution in [-0.2, 0) is 0 Å². The number of nitrogens with zero attached hydrogens (tertiary/aromatic N) is 6. The highest BCUT2D eigenvalue weighted by Gasteiger charge is 2.11. The fourth-order valence-corrected chi connectivity index (χ4v) is 1.31. The van der Waals surface area contributed by atoms with Crippen molar-refractivity contribution in [2.75, 3.05) is 0 Å². The maximum atomic E-state index is 10.5. The zero-order valence-electron chi connectivity index (χ0n) is 8.73. The van der Waals surface area contributed by atoms with Gasteiger partial charge in [0, 0.05) is 11.6 Å². The Morgan fingerprint density at radius 1 is 1.53 bits per heavy atom. The fraction of sp³-hybridized carbons (Fsp3) is 0.111. The van der Waals surface area contributed by atoms with Crippen molar-refractivity contribution in [1.82, 2.24) is 19.7 Å². The highest BCUT2D eigenvalue weighted by Crippen LogP contribution is 2.16. The minimum Gasteiger partial charge on any atom is -0.258 e. The molecule has 17 heavy (non-hydrogen) atoms. The second kappa shape index (κ2) is 3.97. The van der Waals surface area contributed by atoms with Crippen molar-refractivity contribution in [3.05, 3.63) is 40.1 Å². The third-order valence-corrected chi connectivity index (χ3v) is 2.06. The second-order valence-corrected chi connectivity index (χ2v) is 3.22. The molecule has 84 valence electrons. The minimum atomic E-state index is -0.522. The van der Waals surface area contributed by atoms with Crippen molar-refractivity contribution >= 4 is 5.69 Å². The molecule has 0 aliphatic rings. The van der Waals surface area contributed by atoms with Gasteiger partial charge in [-0.05, 0) is 6.92 Å². The third kappa shape index (κ3) is 1.93. The number of nitro groups is 1. The predicted molar refractivity (Wildman–Crippen MR) is 55.3 cm³/mol. The average molecular weight is 230 g/mol. The van der Waals surface area contributed by atoms with Gasteiger partial charge in [0.25, 0.3) is 11.5 Å². The van der Waals surface area contributed by atoms with Gasteiger partial charge in [0.15, 0.2) is 5.82 Å². The first-order valence-corrected chi connectivity index (χ1v) is 4.55. The van der Waals surface area contributed by atoms with Crippen molar-refractivity contribution in [2.45, 2.75) is 6.92 Å². The Labute approximate surface area is 95.3 Å². The summed E-state index contributed by atoms with van der Waals surface area (Å²) in [5.74, 6) is 0.425. The molecule has 2 aromatic heterocycles. The molecule has 0 atom stereocenters. The molecular formula is C9H6N6O2. The molecule has 0 saturated heterocycles. The summed E-state index contributed by atoms with van der Waals surface area (Å²) in [7, 11) is 0. The monoisotopic (exact) mass is 230 g/mol. The van der Waals surface area contributed by atoms with E-state index in [0.29, 0.717) is 11.4 Å². The van der Waals surface area contributed by atoms with Crippen molar-refractivity contribution in [2.24, 2.45) is 0 Å². The lowest BCUT2D eigenvalue weighted by Crippen LogP contribution is -2.02. The quantitative estimate of drug-likeness (QED) is 0.556. The van der Waals surface area contributed by atoms with Gasteiger partial charge < -0.3 is 0 Å². The summed E-state index contributed by atoms with van der Waals surface area (Å²) < 4.78 is 1.30. The lowest BCUT2D eigenvalue weighted by molar-refractivity contribution is -0.385. The second-order valence-electron chi connectivity index (χ2n) is 3.22. The van der Waals surface area contributed by atoms with E-state index >= 15 is 0 Å². The maximum absolute atomic E-state index is 10.5. The molecule has 0 spiro atoms. The van der Waals surface area contributed by atoms with E-state index in [1.54, 1.807) is 13.0 Å². The van der Waals surface area contributed by atoms with Crippen LogP contribution in [0.15, 0.2) is 18.6 Å². The Morgan fingerprint density at radius 3 is 2.82 bits per heavy atom. The first kappa shape index (κ1) is 10.7. The molecule has 0 N–H and O–H groups in total. The van der Waals surface area contributed by atoms with E-state index in [9.17, 15) is 10.1 Å². The summed E-state index contributed by atoms with van der Waals surface area (Å²) >= 11 is 0. The lowest BCUT2D eigenvalue weighted by Gasteiger charge is -2.02. The van der Waals surface area contributed by atoms with E-state index in [0.717, 1.165) is 6.20 Å². The Kier molecular flexibility index (Phi) is 2.50. The topological polar surface area (TPSA) is 111 Å². The van der Waals surface area contributed by atoms with Crippen molar-refractivity contribution in [3.8, 4) is 11.9 Å². The van der Waals surface area contributed by atoms with Gasteiger partial charge in [0.05, 0.1) is 4.92 Å². The number of nitriles is 1. The molecule has 0 fully saturated rings. The van der Waals surface area contributed by atoms with Gasteiger partial charge in [-0.25, -0.2) is 14.6 Å². The zero-order valence-corrected chi connectivity index (χ0v) is 8.73. The third-order valence-electron chi connectivity index (χ3n) is 2.06. The van der Waals surface area contributed by atoms with E-state index in [4.69, 9.17) is 5.26 Å². The molecule has 2 heterocycles. The summed E-state index contributed by atoms with van der Waals surface area (Å²) in [5.41, 5.74) is 0.487. The van der Waals surface area contributed by atoms with Crippen LogP contribution in [0.5, 0.6) is 0 Å². The Morgan fingerprint density at radius 2 is 2.29 bits per heavy atom. The SMILES string of the molecule is Cc1cc([N+](=O)[O-])cnc1-n1cnc(C#N)n1. The van der Waals surface area contributed by atoms with Gasteiger partial charge in [-0.1, -0.05) is 0 Å². The molecule has 0 aromatic carbocycles. The zero-order chi connectivity index (χ0) is 12.4. The van der Waals surface area contributed by atoms with Crippen LogP contribution >= 0.6 is 0 Å². The predicted octanol–water partition coefficient (Wildman–Crippen LogP) is 0.751. The smallest absolute Gasteiger partial charge is 0.258 e. The summed E-state index contributed by atoms with van der Waals surface area (Å²) in [5, 5.41) is 23.0. The molecule has 8 nitrogen and oxygen atoms in total. The number of aryl methyl sites for hydroxylation is 1. The van der Waals surface area contributed by atoms with Gasteiger partial charge in [-0.2, -0.15) is 5.26 Å². The van der Waals surface area contributed by atoms with Crippen molar-refractivity contribution in [1.29, 1.82) is 5.26 Å². The normalized spacial score (nSPS) is 9.88. The largest absolute Gasteiger partial charge is 0.287 e. The van der Waals surface area contributed by atoms with E-state index in [2.05, 4.69) is 15.1 Å². The molecule has 0 aliphatic carbocycles. The van der Waals surface area contributed by atoms with Gasteiger partial charge in [-0.15, -0.1) is 5.10 Å². The van der Waals surface area contributed by atoms with Crippen LogP contribution in [0.3, 0.4) is 0 Å². The van der Waals surface area contributed by atoms with Gasteiger partial charge >= 0.3 is 0 Å². The summed E-state index contributed by atoms with van der Waals surface area (Å²) in [6.07, 6.45) is 2.47. The molecule has 0 bridgehead atoms. The highest BCUT2D eigenvalue weighted by molar-refractivity contribution is 5.40. The summed E-state index contributed by atoms with van der Waals surface area (Å²) in [6, 6.07) is 3.17. The van der Waals surface area contributed by atoms with Crippen LogP contribution in [0, 0.1) is 28.4 Å². The molecule has 0 radical (unpaired) electrons. The minimum absolute atomic E-state index is 0.0181. The molecule has 0 amide bonds. The molecular weight excluding hydrogens is 224 g/mol. The summed E-state index contributed by atoms with van der Waals surface area (Å²) in [4.78, 5) is 17.7. The molecule has 2 aromatic rings. The molecule has 2 rings (SSSR count). The van der Waals surface area contributed by atoms with Gasteiger partial charge in [0.2, 0.25) is 0 Å². The Hall–Kier alpha value is -2.82. The average Bonchev–Trinajstić information content (AvgIpc) is 2.77. The molecule has 0 unspecified atom stereocenters. The first-order valence-electron chi connectivity index (χ1n) is 4.55. The summed E-state index contributed by atoms with van der Waals surface area (Å²) in [6.45, 7) is 1.67. The fourth-order valence-electron chi connectivity index (χ4n) is 1.31. The van der Waals surface area contributed by atoms with Crippen LogP contribution in [0.2, 0.25) is 0 Å². The first-order chi connectivity index (χ1) is 8.11. The van der Waals surface area contributed by atoms with Crippen LogP contribution < -0.4 is 0 Å². The van der Waals surface area contributed by atoms with Crippen molar-refractivity contribution in [3.63, 3.8) is 0 Å². The Balaban J connectivity index is 2.47. The van der Waals surface area contributed by atoms with E-state index in [-0.39, 0.29) is 11.5 Å². The highest BCUT2D eigenvalue weighted by atomic mass is 16.6. The molecule has 8 heteroatoms. The molecule has 0 saturated carbocycles. The maximum Gasteiger partial charge on any atom is 0.287 e. The number of hydrogen-bond donors (Lipinski definition) is 0. The van der Waals surface area contributed by atoms with E-state index in [1.165, 1.54) is 17.1 Å². The number of pyridine rings is 1. The van der Waals surface area contributed by atoms with Crippen LogP contribution in [0.25, 0.3) is 5.82 Å². The van der Waals surface area contributed by atoms with Crippen molar-refractivity contribution < 1.29 is 4.92 Å². The standard InChI is InChI=1S/C9H6N6O2/c1-6-2-7(15(16)17)4-11-9(6)14-5-12-8(3-10)13-14/h2,4-5H,1H3. The van der Waals surface area contributed by atoms with Crippen LogP contribution in [0.1, 0.15) is 11.4 Å². The Bertz CT molecular complexity index is 627. The molecule has 0 aliphatic heterocycles. The van der Waals surface area contributed by atoms with Crippen LogP contribution in [-0.4, -0.2) is 24.7 Å². The number of hydrogen-bond acceptors (Lipinski definition) is 6.